The summed E-state index contributed by atoms with van der Waals surface area (Å²) < 4.78 is 0. The summed E-state index contributed by atoms with van der Waals surface area (Å²) in [6.45, 7) is 9.99. The predicted molar refractivity (Wildman–Crippen MR) is 187 cm³/mol. The maximum atomic E-state index is 13.5. The lowest BCUT2D eigenvalue weighted by molar-refractivity contribution is -0.130. The molecular weight excluding hydrogens is 614 g/mol. The molecule has 0 aromatic heterocycles. The molecule has 3 aromatic carbocycles. The fraction of sp³-hybridized carbons (Fsp3) is 0.405. The third kappa shape index (κ3) is 12.5. The van der Waals surface area contributed by atoms with Crippen molar-refractivity contribution in [2.24, 2.45) is 5.92 Å². The summed E-state index contributed by atoms with van der Waals surface area (Å²) >= 11 is 6.38. The van der Waals surface area contributed by atoms with Crippen LogP contribution in [0.3, 0.4) is 0 Å². The van der Waals surface area contributed by atoms with Crippen molar-refractivity contribution in [2.45, 2.75) is 78.0 Å². The van der Waals surface area contributed by atoms with E-state index in [1.54, 1.807) is 13.0 Å². The number of hydrogen-bond donors (Lipinski definition) is 5. The Morgan fingerprint density at radius 3 is 1.87 bits per heavy atom. The molecule has 0 spiro atoms. The predicted octanol–water partition coefficient (Wildman–Crippen LogP) is 4.69. The molecule has 0 aliphatic heterocycles. The molecule has 0 bridgehead atoms. The fourth-order valence-electron chi connectivity index (χ4n) is 5.11. The average Bonchev–Trinajstić information content (AvgIpc) is 3.05. The van der Waals surface area contributed by atoms with Gasteiger partial charge >= 0.3 is 0 Å². The molecule has 9 nitrogen and oxygen atoms in total. The van der Waals surface area contributed by atoms with Crippen LogP contribution in [0.1, 0.15) is 72.9 Å². The summed E-state index contributed by atoms with van der Waals surface area (Å²) in [6, 6.07) is 22.6. The lowest BCUT2D eigenvalue weighted by Crippen LogP contribution is -2.55. The van der Waals surface area contributed by atoms with E-state index in [-0.39, 0.29) is 46.8 Å². The van der Waals surface area contributed by atoms with Crippen LogP contribution in [0.2, 0.25) is 5.02 Å². The number of amides is 4. The van der Waals surface area contributed by atoms with Crippen molar-refractivity contribution in [3.8, 4) is 0 Å². The van der Waals surface area contributed by atoms with E-state index in [2.05, 4.69) is 38.7 Å². The zero-order chi connectivity index (χ0) is 34.3. The zero-order valence-electron chi connectivity index (χ0n) is 27.9. The third-order valence-electron chi connectivity index (χ3n) is 7.83. The number of hydrogen-bond acceptors (Lipinski definition) is 5. The molecule has 4 amide bonds. The van der Waals surface area contributed by atoms with Crippen molar-refractivity contribution in [3.63, 3.8) is 0 Å². The Morgan fingerprint density at radius 2 is 1.30 bits per heavy atom. The van der Waals surface area contributed by atoms with Crippen LogP contribution in [0.15, 0.2) is 78.9 Å². The van der Waals surface area contributed by atoms with Crippen molar-refractivity contribution in [1.82, 2.24) is 26.6 Å². The molecule has 1 unspecified atom stereocenters. The second-order valence-electron chi connectivity index (χ2n) is 12.2. The number of carbonyl (C=O) groups excluding carboxylic acids is 4. The third-order valence-corrected chi connectivity index (χ3v) is 8.05. The Hall–Kier alpha value is -4.21. The molecule has 47 heavy (non-hydrogen) atoms. The van der Waals surface area contributed by atoms with Gasteiger partial charge in [0.25, 0.3) is 11.8 Å². The Bertz CT molecular complexity index is 1470. The van der Waals surface area contributed by atoms with Gasteiger partial charge in [-0.15, -0.1) is 0 Å². The number of benzene rings is 3. The first-order valence-corrected chi connectivity index (χ1v) is 16.7. The van der Waals surface area contributed by atoms with Crippen LogP contribution in [0, 0.1) is 5.92 Å². The number of halogens is 1. The molecule has 10 heteroatoms. The van der Waals surface area contributed by atoms with E-state index in [0.29, 0.717) is 18.5 Å². The molecule has 3 rings (SSSR count). The molecule has 0 fully saturated rings. The number of likely N-dealkylation sites (N-methyl/N-ethyl adjacent to an activating group) is 1. The van der Waals surface area contributed by atoms with E-state index in [0.717, 1.165) is 18.4 Å². The number of carbonyl (C=O) groups is 4. The van der Waals surface area contributed by atoms with E-state index >= 15 is 0 Å². The van der Waals surface area contributed by atoms with Crippen LogP contribution in [0.5, 0.6) is 0 Å². The Kier molecular flexibility index (Phi) is 14.9. The Labute approximate surface area is 283 Å². The highest BCUT2D eigenvalue weighted by Crippen LogP contribution is 2.17. The summed E-state index contributed by atoms with van der Waals surface area (Å²) in [6.07, 6.45) is 2.09. The highest BCUT2D eigenvalue weighted by atomic mass is 35.5. The lowest BCUT2D eigenvalue weighted by atomic mass is 10.0. The quantitative estimate of drug-likeness (QED) is 0.143. The van der Waals surface area contributed by atoms with Gasteiger partial charge in [0.1, 0.15) is 6.04 Å². The summed E-state index contributed by atoms with van der Waals surface area (Å²) in [5, 5.41) is 15.2. The molecule has 0 aliphatic carbocycles. The Morgan fingerprint density at radius 1 is 0.723 bits per heavy atom. The van der Waals surface area contributed by atoms with Gasteiger partial charge in [0, 0.05) is 41.3 Å². The zero-order valence-corrected chi connectivity index (χ0v) is 28.7. The summed E-state index contributed by atoms with van der Waals surface area (Å²) in [4.78, 5) is 52.1. The SMILES string of the molecule is CCNC(=O)[C@@H](NC(=O)[C@H](C)NC[C@H](Cc1ccccc1)NC(=O)c1cc(Cl)cc(C(=O)NC(C)CCc2ccccc2)c1)C(C)C. The van der Waals surface area contributed by atoms with Crippen LogP contribution in [-0.4, -0.2) is 60.9 Å². The topological polar surface area (TPSA) is 128 Å². The second-order valence-corrected chi connectivity index (χ2v) is 12.7. The molecule has 5 N–H and O–H groups in total. The van der Waals surface area contributed by atoms with Gasteiger partial charge in [-0.2, -0.15) is 0 Å². The second kappa shape index (κ2) is 18.8. The van der Waals surface area contributed by atoms with Gasteiger partial charge in [-0.05, 0) is 75.3 Å². The van der Waals surface area contributed by atoms with Gasteiger partial charge in [0.2, 0.25) is 11.8 Å². The lowest BCUT2D eigenvalue weighted by Gasteiger charge is -2.25. The minimum atomic E-state index is -0.660. The van der Waals surface area contributed by atoms with E-state index in [9.17, 15) is 19.2 Å². The standard InChI is InChI=1S/C37H48ClN5O4/c1-6-39-37(47)33(24(2)3)43-34(44)26(5)40-23-32(19-28-15-11-8-12-16-28)42-36(46)30-20-29(21-31(38)22-30)35(45)41-25(4)17-18-27-13-9-7-10-14-27/h7-16,20-22,24-26,32-33,40H,6,17-19,23H2,1-5H3,(H,39,47)(H,41,45)(H,42,46)(H,43,44)/t25?,26-,32-,33-/m0/s1. The van der Waals surface area contributed by atoms with Gasteiger partial charge in [0.15, 0.2) is 0 Å². The number of aryl methyl sites for hydroxylation is 1. The first-order chi connectivity index (χ1) is 22.5. The van der Waals surface area contributed by atoms with Gasteiger partial charge < -0.3 is 26.6 Å². The van der Waals surface area contributed by atoms with Gasteiger partial charge in [-0.1, -0.05) is 86.1 Å². The van der Waals surface area contributed by atoms with Crippen molar-refractivity contribution < 1.29 is 19.2 Å². The van der Waals surface area contributed by atoms with Crippen molar-refractivity contribution in [3.05, 3.63) is 106 Å². The normalized spacial score (nSPS) is 13.6. The molecule has 4 atom stereocenters. The maximum absolute atomic E-state index is 13.5. The van der Waals surface area contributed by atoms with Gasteiger partial charge in [-0.3, -0.25) is 19.2 Å². The summed E-state index contributed by atoms with van der Waals surface area (Å²) in [5.74, 6) is -1.34. The van der Waals surface area contributed by atoms with Crippen LogP contribution < -0.4 is 26.6 Å². The molecule has 0 aliphatic rings. The first kappa shape index (κ1) is 37.2. The van der Waals surface area contributed by atoms with Crippen molar-refractivity contribution in [2.75, 3.05) is 13.1 Å². The van der Waals surface area contributed by atoms with Crippen molar-refractivity contribution >= 4 is 35.2 Å². The highest BCUT2D eigenvalue weighted by Gasteiger charge is 2.26. The summed E-state index contributed by atoms with van der Waals surface area (Å²) in [7, 11) is 0. The van der Waals surface area contributed by atoms with Crippen LogP contribution in [-0.2, 0) is 22.4 Å². The van der Waals surface area contributed by atoms with E-state index in [1.165, 1.54) is 17.7 Å². The van der Waals surface area contributed by atoms with Crippen molar-refractivity contribution in [1.29, 1.82) is 0 Å². The molecular formula is C37H48ClN5O4. The minimum Gasteiger partial charge on any atom is -0.355 e. The average molecular weight is 662 g/mol. The van der Waals surface area contributed by atoms with E-state index in [4.69, 9.17) is 11.6 Å². The monoisotopic (exact) mass is 661 g/mol. The number of nitrogens with one attached hydrogen (secondary N) is 5. The first-order valence-electron chi connectivity index (χ1n) is 16.3. The van der Waals surface area contributed by atoms with Gasteiger partial charge in [0.05, 0.1) is 6.04 Å². The van der Waals surface area contributed by atoms with Gasteiger partial charge in [-0.25, -0.2) is 0 Å². The van der Waals surface area contributed by atoms with Crippen LogP contribution >= 0.6 is 11.6 Å². The molecule has 0 saturated heterocycles. The Balaban J connectivity index is 1.67. The fourth-order valence-corrected chi connectivity index (χ4v) is 5.34. The largest absolute Gasteiger partial charge is 0.355 e. The molecule has 0 radical (unpaired) electrons. The molecule has 0 heterocycles. The highest BCUT2D eigenvalue weighted by molar-refractivity contribution is 6.31. The van der Waals surface area contributed by atoms with Crippen LogP contribution in [0.4, 0.5) is 0 Å². The molecule has 0 saturated carbocycles. The minimum absolute atomic E-state index is 0.0867. The molecule has 252 valence electrons. The molecule has 3 aromatic rings. The number of rotatable bonds is 17. The summed E-state index contributed by atoms with van der Waals surface area (Å²) in [5.41, 5.74) is 2.75. The van der Waals surface area contributed by atoms with E-state index in [1.807, 2.05) is 76.2 Å². The maximum Gasteiger partial charge on any atom is 0.251 e. The van der Waals surface area contributed by atoms with E-state index < -0.39 is 24.0 Å². The smallest absolute Gasteiger partial charge is 0.251 e. The van der Waals surface area contributed by atoms with Crippen LogP contribution in [0.25, 0.3) is 0 Å².